The normalized spacial score (nSPS) is 10.7. The van der Waals surface area contributed by atoms with Crippen molar-refractivity contribution in [1.29, 1.82) is 0 Å². The topological polar surface area (TPSA) is 88.3 Å². The van der Waals surface area contributed by atoms with E-state index < -0.39 is 17.7 Å². The largest absolute Gasteiger partial charge is 0.497 e. The number of carbonyl (C=O) groups excluding carboxylic acids is 1. The minimum absolute atomic E-state index is 0.149. The molecule has 158 valence electrons. The number of rotatable bonds is 6. The highest BCUT2D eigenvalue weighted by molar-refractivity contribution is 6.04. The van der Waals surface area contributed by atoms with Crippen LogP contribution in [0.15, 0.2) is 60.7 Å². The van der Waals surface area contributed by atoms with Gasteiger partial charge in [0.2, 0.25) is 0 Å². The van der Waals surface area contributed by atoms with Crippen LogP contribution in [0.1, 0.15) is 5.56 Å². The first kappa shape index (κ1) is 20.1. The van der Waals surface area contributed by atoms with Gasteiger partial charge in [-0.1, -0.05) is 12.1 Å². The number of carbonyl (C=O) groups is 1. The van der Waals surface area contributed by atoms with Gasteiger partial charge < -0.3 is 14.8 Å². The summed E-state index contributed by atoms with van der Waals surface area (Å²) in [5.41, 5.74) is 1.000. The zero-order valence-electron chi connectivity index (χ0n) is 16.4. The number of hydrogen-bond acceptors (Lipinski definition) is 4. The molecule has 0 saturated carbocycles. The van der Waals surface area contributed by atoms with E-state index >= 15 is 0 Å². The summed E-state index contributed by atoms with van der Waals surface area (Å²) >= 11 is 0. The fraction of sp³-hybridized carbons (Fsp3) is 0.0909. The third-order valence-corrected chi connectivity index (χ3v) is 4.54. The van der Waals surface area contributed by atoms with Crippen LogP contribution in [-0.4, -0.2) is 23.3 Å². The Labute approximate surface area is 176 Å². The number of benzene rings is 3. The van der Waals surface area contributed by atoms with Gasteiger partial charge in [-0.15, -0.1) is 0 Å². The molecule has 0 atom stereocenters. The lowest BCUT2D eigenvalue weighted by molar-refractivity contribution is 0.262. The molecule has 3 N–H and O–H groups in total. The van der Waals surface area contributed by atoms with Gasteiger partial charge >= 0.3 is 6.03 Å². The van der Waals surface area contributed by atoms with Crippen LogP contribution in [0.2, 0.25) is 0 Å². The Morgan fingerprint density at radius 3 is 2.55 bits per heavy atom. The van der Waals surface area contributed by atoms with E-state index in [0.29, 0.717) is 33.9 Å². The Hall–Kier alpha value is -4.14. The van der Waals surface area contributed by atoms with E-state index in [4.69, 9.17) is 9.47 Å². The molecule has 4 rings (SSSR count). The quantitative estimate of drug-likeness (QED) is 0.403. The summed E-state index contributed by atoms with van der Waals surface area (Å²) in [6.45, 7) is -0.258. The van der Waals surface area contributed by atoms with E-state index in [-0.39, 0.29) is 12.2 Å². The first-order valence-electron chi connectivity index (χ1n) is 9.29. The third kappa shape index (κ3) is 4.55. The lowest BCUT2D eigenvalue weighted by Crippen LogP contribution is -2.19. The van der Waals surface area contributed by atoms with Crippen molar-refractivity contribution in [3.63, 3.8) is 0 Å². The van der Waals surface area contributed by atoms with Gasteiger partial charge in [0.15, 0.2) is 5.82 Å². The molecular formula is C22H18F2N4O3. The monoisotopic (exact) mass is 424 g/mol. The number of fused-ring (bicyclic) bond motifs is 1. The van der Waals surface area contributed by atoms with E-state index in [1.807, 2.05) is 0 Å². The van der Waals surface area contributed by atoms with Crippen molar-refractivity contribution < 1.29 is 23.0 Å². The van der Waals surface area contributed by atoms with Crippen LogP contribution in [0, 0.1) is 11.6 Å². The molecule has 7 nitrogen and oxygen atoms in total. The molecule has 0 saturated heterocycles. The van der Waals surface area contributed by atoms with Gasteiger partial charge in [0.05, 0.1) is 18.2 Å². The number of ether oxygens (including phenoxy) is 2. The molecule has 4 aromatic rings. The SMILES string of the molecule is COc1cccc(NC(=O)Nc2n[nH]c3cc(OCc4c(F)cccc4F)ccc23)c1. The van der Waals surface area contributed by atoms with Crippen LogP contribution in [-0.2, 0) is 6.61 Å². The first-order chi connectivity index (χ1) is 15.0. The predicted octanol–water partition coefficient (Wildman–Crippen LogP) is 5.07. The molecule has 9 heteroatoms. The highest BCUT2D eigenvalue weighted by Crippen LogP contribution is 2.26. The number of urea groups is 1. The average molecular weight is 424 g/mol. The summed E-state index contributed by atoms with van der Waals surface area (Å²) in [6, 6.07) is 15.1. The molecule has 31 heavy (non-hydrogen) atoms. The van der Waals surface area contributed by atoms with Gasteiger partial charge in [-0.2, -0.15) is 5.10 Å². The molecule has 0 aliphatic rings. The van der Waals surface area contributed by atoms with Crippen LogP contribution in [0.3, 0.4) is 0 Å². The molecule has 0 radical (unpaired) electrons. The lowest BCUT2D eigenvalue weighted by atomic mass is 10.2. The van der Waals surface area contributed by atoms with E-state index in [1.54, 1.807) is 49.6 Å². The third-order valence-electron chi connectivity index (χ3n) is 4.54. The molecule has 0 bridgehead atoms. The van der Waals surface area contributed by atoms with Crippen LogP contribution < -0.4 is 20.1 Å². The molecule has 1 heterocycles. The number of aromatic amines is 1. The van der Waals surface area contributed by atoms with Gasteiger partial charge in [0.1, 0.15) is 29.7 Å². The molecule has 0 spiro atoms. The highest BCUT2D eigenvalue weighted by atomic mass is 19.1. The smallest absolute Gasteiger partial charge is 0.324 e. The van der Waals surface area contributed by atoms with Crippen LogP contribution in [0.5, 0.6) is 11.5 Å². The molecule has 1 aromatic heterocycles. The summed E-state index contributed by atoms with van der Waals surface area (Å²) in [6.07, 6.45) is 0. The number of aromatic nitrogens is 2. The van der Waals surface area contributed by atoms with Crippen LogP contribution in [0.4, 0.5) is 25.1 Å². The zero-order valence-corrected chi connectivity index (χ0v) is 16.4. The Kier molecular flexibility index (Phi) is 5.65. The minimum Gasteiger partial charge on any atom is -0.497 e. The summed E-state index contributed by atoms with van der Waals surface area (Å²) in [5, 5.41) is 12.9. The average Bonchev–Trinajstić information content (AvgIpc) is 3.15. The van der Waals surface area contributed by atoms with E-state index in [9.17, 15) is 13.6 Å². The summed E-state index contributed by atoms with van der Waals surface area (Å²) in [5.74, 6) is -0.00796. The van der Waals surface area contributed by atoms with Crippen molar-refractivity contribution in [2.75, 3.05) is 17.7 Å². The second-order valence-electron chi connectivity index (χ2n) is 6.58. The molecule has 2 amide bonds. The number of nitrogens with zero attached hydrogens (tertiary/aromatic N) is 1. The molecule has 0 aliphatic heterocycles. The van der Waals surface area contributed by atoms with Gasteiger partial charge in [-0.25, -0.2) is 13.6 Å². The number of amides is 2. The molecule has 0 fully saturated rings. The van der Waals surface area contributed by atoms with Crippen molar-refractivity contribution in [2.24, 2.45) is 0 Å². The summed E-state index contributed by atoms with van der Waals surface area (Å²) in [7, 11) is 1.54. The van der Waals surface area contributed by atoms with Gasteiger partial charge in [-0.3, -0.25) is 10.4 Å². The maximum absolute atomic E-state index is 13.7. The summed E-state index contributed by atoms with van der Waals surface area (Å²) < 4.78 is 38.1. The van der Waals surface area contributed by atoms with Gasteiger partial charge in [0.25, 0.3) is 0 Å². The maximum Gasteiger partial charge on any atom is 0.324 e. The maximum atomic E-state index is 13.7. The second kappa shape index (κ2) is 8.70. The van der Waals surface area contributed by atoms with Crippen molar-refractivity contribution in [3.8, 4) is 11.5 Å². The van der Waals surface area contributed by atoms with Crippen LogP contribution in [0.25, 0.3) is 10.9 Å². The van der Waals surface area contributed by atoms with E-state index in [0.717, 1.165) is 0 Å². The van der Waals surface area contributed by atoms with Crippen molar-refractivity contribution in [2.45, 2.75) is 6.61 Å². The molecule has 0 unspecified atom stereocenters. The minimum atomic E-state index is -0.670. The number of nitrogens with one attached hydrogen (secondary N) is 3. The highest BCUT2D eigenvalue weighted by Gasteiger charge is 2.12. The molecular weight excluding hydrogens is 406 g/mol. The fourth-order valence-electron chi connectivity index (χ4n) is 2.98. The van der Waals surface area contributed by atoms with Gasteiger partial charge in [-0.05, 0) is 36.4 Å². The summed E-state index contributed by atoms with van der Waals surface area (Å²) in [4.78, 5) is 12.3. The van der Waals surface area contributed by atoms with E-state index in [1.165, 1.54) is 18.2 Å². The zero-order chi connectivity index (χ0) is 21.8. The Bertz CT molecular complexity index is 1220. The van der Waals surface area contributed by atoms with Crippen molar-refractivity contribution >= 4 is 28.4 Å². The van der Waals surface area contributed by atoms with E-state index in [2.05, 4.69) is 20.8 Å². The van der Waals surface area contributed by atoms with Gasteiger partial charge in [0, 0.05) is 23.2 Å². The number of methoxy groups -OCH3 is 1. The van der Waals surface area contributed by atoms with Crippen molar-refractivity contribution in [3.05, 3.63) is 77.9 Å². The Morgan fingerprint density at radius 2 is 1.77 bits per heavy atom. The fourth-order valence-corrected chi connectivity index (χ4v) is 2.98. The standard InChI is InChI=1S/C22H18F2N4O3/c1-30-14-5-2-4-13(10-14)25-22(29)26-21-16-9-8-15(11-20(16)27-28-21)31-12-17-18(23)6-3-7-19(17)24/h2-11H,12H2,1H3,(H3,25,26,27,28,29). The number of halogens is 2. The number of H-pyrrole nitrogens is 1. The molecule has 3 aromatic carbocycles. The molecule has 0 aliphatic carbocycles. The Morgan fingerprint density at radius 1 is 1.00 bits per heavy atom. The number of hydrogen-bond donors (Lipinski definition) is 3. The predicted molar refractivity (Wildman–Crippen MR) is 112 cm³/mol. The second-order valence-corrected chi connectivity index (χ2v) is 6.58. The first-order valence-corrected chi connectivity index (χ1v) is 9.29. The van der Waals surface area contributed by atoms with Crippen molar-refractivity contribution in [1.82, 2.24) is 10.2 Å². The Balaban J connectivity index is 1.44. The van der Waals surface area contributed by atoms with Crippen LogP contribution >= 0.6 is 0 Å². The number of anilines is 2. The lowest BCUT2D eigenvalue weighted by Gasteiger charge is -2.09.